The summed E-state index contributed by atoms with van der Waals surface area (Å²) < 4.78 is 14.1. The second kappa shape index (κ2) is 4.59. The Labute approximate surface area is 111 Å². The fourth-order valence-corrected chi connectivity index (χ4v) is 1.74. The second-order valence-corrected chi connectivity index (χ2v) is 4.39. The number of halogens is 3. The maximum absolute atomic E-state index is 13.3. The Bertz CT molecular complexity index is 737. The molecule has 1 aromatic heterocycles. The molecule has 0 aliphatic heterocycles. The quantitative estimate of drug-likeness (QED) is 0.819. The molecule has 0 radical (unpaired) electrons. The molecular weight excluding hydrogens is 282 g/mol. The molecule has 0 bridgehead atoms. The first kappa shape index (κ1) is 12.9. The second-order valence-electron chi connectivity index (χ2n) is 3.61. The van der Waals surface area contributed by atoms with E-state index in [-0.39, 0.29) is 21.4 Å². The lowest BCUT2D eigenvalue weighted by Crippen LogP contribution is -2.35. The minimum absolute atomic E-state index is 0.0318. The first-order valence-corrected chi connectivity index (χ1v) is 5.64. The Morgan fingerprint density at radius 2 is 1.94 bits per heavy atom. The van der Waals surface area contributed by atoms with Crippen molar-refractivity contribution in [1.82, 2.24) is 9.55 Å². The Morgan fingerprint density at radius 1 is 1.28 bits per heavy atom. The van der Waals surface area contributed by atoms with Gasteiger partial charge in [-0.25, -0.2) is 13.8 Å². The topological polar surface area (TPSA) is 54.9 Å². The Balaban J connectivity index is 2.80. The van der Waals surface area contributed by atoms with Crippen molar-refractivity contribution in [2.75, 3.05) is 0 Å². The lowest BCUT2D eigenvalue weighted by Gasteiger charge is -2.07. The van der Waals surface area contributed by atoms with E-state index in [0.29, 0.717) is 0 Å². The molecule has 0 spiro atoms. The third-order valence-electron chi connectivity index (χ3n) is 2.43. The third-order valence-corrected chi connectivity index (χ3v) is 3.12. The number of H-pyrrole nitrogens is 1. The number of rotatable bonds is 1. The largest absolute Gasteiger partial charge is 0.334 e. The van der Waals surface area contributed by atoms with Gasteiger partial charge in [-0.15, -0.1) is 0 Å². The molecule has 0 saturated carbocycles. The summed E-state index contributed by atoms with van der Waals surface area (Å²) in [6, 6.07) is 3.64. The lowest BCUT2D eigenvalue weighted by molar-refractivity contribution is 0.626. The molecule has 0 unspecified atom stereocenters. The molecule has 0 amide bonds. The van der Waals surface area contributed by atoms with Crippen molar-refractivity contribution in [2.45, 2.75) is 6.92 Å². The Kier molecular flexibility index (Phi) is 3.28. The average molecular weight is 289 g/mol. The van der Waals surface area contributed by atoms with Gasteiger partial charge in [-0.2, -0.15) is 0 Å². The van der Waals surface area contributed by atoms with Crippen LogP contribution in [0.1, 0.15) is 5.56 Å². The molecule has 2 aromatic rings. The van der Waals surface area contributed by atoms with Crippen LogP contribution in [0.25, 0.3) is 5.69 Å². The van der Waals surface area contributed by atoms with Gasteiger partial charge in [0, 0.05) is 0 Å². The highest BCUT2D eigenvalue weighted by molar-refractivity contribution is 6.30. The van der Waals surface area contributed by atoms with Crippen molar-refractivity contribution in [3.8, 4) is 5.69 Å². The number of nitrogens with zero attached hydrogens (tertiary/aromatic N) is 1. The zero-order chi connectivity index (χ0) is 13.4. The van der Waals surface area contributed by atoms with Crippen LogP contribution in [0.15, 0.2) is 27.8 Å². The van der Waals surface area contributed by atoms with E-state index >= 15 is 0 Å². The average Bonchev–Trinajstić information content (AvgIpc) is 2.31. The standard InChI is InChI=1S/C11H7Cl2FN2O2/c1-5-9(13)15-11(18)16(10(5)17)6-2-3-7(12)8(14)4-6/h2-4H,1H3,(H,15,18). The minimum Gasteiger partial charge on any atom is -0.297 e. The van der Waals surface area contributed by atoms with Crippen molar-refractivity contribution in [2.24, 2.45) is 0 Å². The number of hydrogen-bond donors (Lipinski definition) is 1. The van der Waals surface area contributed by atoms with Gasteiger partial charge in [-0.05, 0) is 25.1 Å². The maximum atomic E-state index is 13.3. The van der Waals surface area contributed by atoms with Gasteiger partial charge < -0.3 is 0 Å². The van der Waals surface area contributed by atoms with Crippen LogP contribution in [0.5, 0.6) is 0 Å². The molecule has 1 N–H and O–H groups in total. The Hall–Kier alpha value is -1.59. The van der Waals surface area contributed by atoms with Crippen molar-refractivity contribution >= 4 is 23.2 Å². The monoisotopic (exact) mass is 288 g/mol. The van der Waals surface area contributed by atoms with Crippen molar-refractivity contribution in [3.63, 3.8) is 0 Å². The summed E-state index contributed by atoms with van der Waals surface area (Å²) in [6.07, 6.45) is 0. The molecule has 0 atom stereocenters. The normalized spacial score (nSPS) is 10.7. The molecule has 7 heteroatoms. The summed E-state index contributed by atoms with van der Waals surface area (Å²) in [5, 5.41) is -0.121. The molecule has 1 aromatic carbocycles. The van der Waals surface area contributed by atoms with E-state index in [0.717, 1.165) is 10.6 Å². The van der Waals surface area contributed by atoms with Gasteiger partial charge in [-0.3, -0.25) is 9.78 Å². The summed E-state index contributed by atoms with van der Waals surface area (Å²) in [7, 11) is 0. The van der Waals surface area contributed by atoms with Gasteiger partial charge in [0.05, 0.1) is 16.3 Å². The highest BCUT2D eigenvalue weighted by Gasteiger charge is 2.12. The smallest absolute Gasteiger partial charge is 0.297 e. The van der Waals surface area contributed by atoms with Gasteiger partial charge in [0.1, 0.15) is 11.0 Å². The highest BCUT2D eigenvalue weighted by atomic mass is 35.5. The molecule has 0 fully saturated rings. The van der Waals surface area contributed by atoms with Crippen LogP contribution < -0.4 is 11.2 Å². The number of hydrogen-bond acceptors (Lipinski definition) is 2. The molecule has 18 heavy (non-hydrogen) atoms. The van der Waals surface area contributed by atoms with Gasteiger partial charge in [0.15, 0.2) is 0 Å². The summed E-state index contributed by atoms with van der Waals surface area (Å²) in [5.41, 5.74) is -1.09. The predicted molar refractivity (Wildman–Crippen MR) is 67.4 cm³/mol. The first-order valence-electron chi connectivity index (χ1n) is 4.88. The van der Waals surface area contributed by atoms with Crippen LogP contribution in [0, 0.1) is 12.7 Å². The fourth-order valence-electron chi connectivity index (χ4n) is 1.46. The molecule has 0 aliphatic carbocycles. The lowest BCUT2D eigenvalue weighted by atomic mass is 10.3. The van der Waals surface area contributed by atoms with Crippen LogP contribution in [-0.2, 0) is 0 Å². The molecule has 94 valence electrons. The van der Waals surface area contributed by atoms with Crippen LogP contribution in [-0.4, -0.2) is 9.55 Å². The van der Waals surface area contributed by atoms with Crippen LogP contribution in [0.3, 0.4) is 0 Å². The van der Waals surface area contributed by atoms with E-state index in [1.165, 1.54) is 19.1 Å². The van der Waals surface area contributed by atoms with E-state index < -0.39 is 17.1 Å². The van der Waals surface area contributed by atoms with Crippen molar-refractivity contribution in [1.29, 1.82) is 0 Å². The molecule has 0 saturated heterocycles. The summed E-state index contributed by atoms with van der Waals surface area (Å²) >= 11 is 11.2. The molecule has 1 heterocycles. The van der Waals surface area contributed by atoms with E-state index in [2.05, 4.69) is 4.98 Å². The zero-order valence-electron chi connectivity index (χ0n) is 9.13. The van der Waals surface area contributed by atoms with Gasteiger partial charge in [0.25, 0.3) is 5.56 Å². The van der Waals surface area contributed by atoms with E-state index in [1.807, 2.05) is 0 Å². The van der Waals surface area contributed by atoms with Crippen LogP contribution in [0.4, 0.5) is 4.39 Å². The fraction of sp³-hybridized carbons (Fsp3) is 0.0909. The van der Waals surface area contributed by atoms with Gasteiger partial charge >= 0.3 is 5.69 Å². The van der Waals surface area contributed by atoms with E-state index in [9.17, 15) is 14.0 Å². The SMILES string of the molecule is Cc1c(Cl)[nH]c(=O)n(-c2ccc(Cl)c(F)c2)c1=O. The van der Waals surface area contributed by atoms with Crippen LogP contribution >= 0.6 is 23.2 Å². The molecule has 2 rings (SSSR count). The molecule has 0 aliphatic rings. The number of aromatic amines is 1. The number of benzene rings is 1. The predicted octanol–water partition coefficient (Wildman–Crippen LogP) is 2.28. The third kappa shape index (κ3) is 2.07. The number of aromatic nitrogens is 2. The van der Waals surface area contributed by atoms with Crippen LogP contribution in [0.2, 0.25) is 10.2 Å². The highest BCUT2D eigenvalue weighted by Crippen LogP contribution is 2.17. The first-order chi connectivity index (χ1) is 8.41. The minimum atomic E-state index is -0.739. The summed E-state index contributed by atoms with van der Waals surface area (Å²) in [4.78, 5) is 25.9. The maximum Gasteiger partial charge on any atom is 0.334 e. The van der Waals surface area contributed by atoms with Crippen molar-refractivity contribution in [3.05, 3.63) is 60.6 Å². The number of nitrogens with one attached hydrogen (secondary N) is 1. The summed E-state index contributed by atoms with van der Waals surface area (Å²) in [6.45, 7) is 1.46. The zero-order valence-corrected chi connectivity index (χ0v) is 10.6. The van der Waals surface area contributed by atoms with Gasteiger partial charge in [-0.1, -0.05) is 23.2 Å². The van der Waals surface area contributed by atoms with Gasteiger partial charge in [0.2, 0.25) is 0 Å². The van der Waals surface area contributed by atoms with E-state index in [1.54, 1.807) is 0 Å². The summed E-state index contributed by atoms with van der Waals surface area (Å²) in [5.74, 6) is -0.715. The van der Waals surface area contributed by atoms with Crippen molar-refractivity contribution < 1.29 is 4.39 Å². The van der Waals surface area contributed by atoms with E-state index in [4.69, 9.17) is 23.2 Å². The Morgan fingerprint density at radius 3 is 2.56 bits per heavy atom. The molecule has 4 nitrogen and oxygen atoms in total. The molecular formula is C11H7Cl2FN2O2.